The van der Waals surface area contributed by atoms with Crippen molar-refractivity contribution in [3.8, 4) is 0 Å². The number of nitrogens with one attached hydrogen (secondary N) is 2. The van der Waals surface area contributed by atoms with Gasteiger partial charge < -0.3 is 10.6 Å². The molecular weight excluding hydrogens is 178 g/mol. The molecule has 0 aliphatic carbocycles. The molecule has 72 valence electrons. The maximum absolute atomic E-state index is 4.35. The number of anilines is 1. The van der Waals surface area contributed by atoms with Gasteiger partial charge in [0.25, 0.3) is 0 Å². The topological polar surface area (TPSA) is 54.2 Å². The summed E-state index contributed by atoms with van der Waals surface area (Å²) in [5.41, 5.74) is 0.877. The van der Waals surface area contributed by atoms with Crippen LogP contribution < -0.4 is 10.6 Å². The van der Waals surface area contributed by atoms with Crippen molar-refractivity contribution >= 4 is 11.6 Å². The lowest BCUT2D eigenvalue weighted by molar-refractivity contribution is 0.470. The number of fused-ring (bicyclic) bond motifs is 1. The van der Waals surface area contributed by atoms with Crippen LogP contribution in [0.15, 0.2) is 24.4 Å². The number of pyridine rings is 1. The van der Waals surface area contributed by atoms with Gasteiger partial charge in [-0.25, -0.2) is 4.52 Å². The SMILES string of the molecule is c1ccn2nc(NC3CNC3)nc2c1. The van der Waals surface area contributed by atoms with Gasteiger partial charge in [-0.2, -0.15) is 4.98 Å². The first-order valence-electron chi connectivity index (χ1n) is 4.70. The van der Waals surface area contributed by atoms with Gasteiger partial charge in [0, 0.05) is 19.3 Å². The van der Waals surface area contributed by atoms with Gasteiger partial charge in [0.1, 0.15) is 0 Å². The second-order valence-electron chi connectivity index (χ2n) is 3.44. The highest BCUT2D eigenvalue weighted by Gasteiger charge is 2.17. The van der Waals surface area contributed by atoms with Crippen molar-refractivity contribution in [1.29, 1.82) is 0 Å². The molecule has 0 saturated carbocycles. The lowest BCUT2D eigenvalue weighted by Gasteiger charge is -2.27. The molecule has 3 rings (SSSR count). The Hall–Kier alpha value is -1.62. The van der Waals surface area contributed by atoms with Crippen LogP contribution in [-0.4, -0.2) is 33.7 Å². The van der Waals surface area contributed by atoms with Crippen LogP contribution >= 0.6 is 0 Å². The van der Waals surface area contributed by atoms with E-state index in [1.165, 1.54) is 0 Å². The molecule has 1 fully saturated rings. The van der Waals surface area contributed by atoms with Crippen molar-refractivity contribution in [3.63, 3.8) is 0 Å². The van der Waals surface area contributed by atoms with Crippen LogP contribution in [0, 0.1) is 0 Å². The minimum atomic E-state index is 0.479. The van der Waals surface area contributed by atoms with Crippen LogP contribution in [0.5, 0.6) is 0 Å². The highest BCUT2D eigenvalue weighted by molar-refractivity contribution is 5.43. The first-order valence-corrected chi connectivity index (χ1v) is 4.70. The fraction of sp³-hybridized carbons (Fsp3) is 0.333. The molecule has 0 aromatic carbocycles. The minimum absolute atomic E-state index is 0.479. The zero-order valence-corrected chi connectivity index (χ0v) is 7.64. The average molecular weight is 189 g/mol. The Morgan fingerprint density at radius 3 is 3.07 bits per heavy atom. The summed E-state index contributed by atoms with van der Waals surface area (Å²) in [5.74, 6) is 0.711. The predicted octanol–water partition coefficient (Wildman–Crippen LogP) is 0.113. The zero-order chi connectivity index (χ0) is 9.38. The highest BCUT2D eigenvalue weighted by Crippen LogP contribution is 2.07. The molecule has 0 radical (unpaired) electrons. The maximum Gasteiger partial charge on any atom is 0.243 e. The van der Waals surface area contributed by atoms with Gasteiger partial charge in [-0.15, -0.1) is 5.10 Å². The summed E-state index contributed by atoms with van der Waals surface area (Å²) >= 11 is 0. The van der Waals surface area contributed by atoms with Crippen molar-refractivity contribution in [3.05, 3.63) is 24.4 Å². The van der Waals surface area contributed by atoms with E-state index < -0.39 is 0 Å². The Morgan fingerprint density at radius 2 is 2.36 bits per heavy atom. The van der Waals surface area contributed by atoms with Gasteiger partial charge in [0.2, 0.25) is 5.95 Å². The summed E-state index contributed by atoms with van der Waals surface area (Å²) in [4.78, 5) is 4.35. The third-order valence-corrected chi connectivity index (χ3v) is 2.36. The molecule has 0 atom stereocenters. The monoisotopic (exact) mass is 189 g/mol. The van der Waals surface area contributed by atoms with Crippen molar-refractivity contribution < 1.29 is 0 Å². The smallest absolute Gasteiger partial charge is 0.243 e. The Kier molecular flexibility index (Phi) is 1.63. The Balaban J connectivity index is 1.89. The van der Waals surface area contributed by atoms with Crippen LogP contribution in [0.4, 0.5) is 5.95 Å². The standard InChI is InChI=1S/C9H11N5/c1-2-4-14-8(3-1)12-9(13-14)11-7-5-10-6-7/h1-4,7,10H,5-6H2,(H,11,13). The van der Waals surface area contributed by atoms with Crippen LogP contribution in [0.25, 0.3) is 5.65 Å². The number of rotatable bonds is 2. The van der Waals surface area contributed by atoms with Gasteiger partial charge in [-0.05, 0) is 12.1 Å². The number of hydrogen-bond donors (Lipinski definition) is 2. The second kappa shape index (κ2) is 2.95. The summed E-state index contributed by atoms with van der Waals surface area (Å²) in [7, 11) is 0. The van der Waals surface area contributed by atoms with Gasteiger partial charge in [0.05, 0.1) is 6.04 Å². The van der Waals surface area contributed by atoms with Gasteiger partial charge in [0.15, 0.2) is 5.65 Å². The first-order chi connectivity index (χ1) is 6.92. The Morgan fingerprint density at radius 1 is 1.43 bits per heavy atom. The molecule has 14 heavy (non-hydrogen) atoms. The van der Waals surface area contributed by atoms with E-state index in [-0.39, 0.29) is 0 Å². The molecule has 2 aromatic heterocycles. The molecule has 5 nitrogen and oxygen atoms in total. The van der Waals surface area contributed by atoms with Crippen molar-refractivity contribution in [2.45, 2.75) is 6.04 Å². The van der Waals surface area contributed by atoms with Crippen LogP contribution in [0.2, 0.25) is 0 Å². The van der Waals surface area contributed by atoms with Gasteiger partial charge >= 0.3 is 0 Å². The number of nitrogens with zero attached hydrogens (tertiary/aromatic N) is 3. The maximum atomic E-state index is 4.35. The van der Waals surface area contributed by atoms with Crippen LogP contribution in [0.3, 0.4) is 0 Å². The molecule has 2 N–H and O–H groups in total. The molecule has 0 spiro atoms. The normalized spacial score (nSPS) is 16.9. The Labute approximate surface area is 81.1 Å². The lowest BCUT2D eigenvalue weighted by atomic mass is 10.2. The van der Waals surface area contributed by atoms with Crippen molar-refractivity contribution in [2.75, 3.05) is 18.4 Å². The second-order valence-corrected chi connectivity index (χ2v) is 3.44. The third-order valence-electron chi connectivity index (χ3n) is 2.36. The summed E-state index contributed by atoms with van der Waals surface area (Å²) in [6, 6.07) is 6.32. The molecular formula is C9H11N5. The van der Waals surface area contributed by atoms with E-state index in [0.29, 0.717) is 12.0 Å². The average Bonchev–Trinajstić information content (AvgIpc) is 2.53. The Bertz CT molecular complexity index is 412. The number of hydrogen-bond acceptors (Lipinski definition) is 4. The zero-order valence-electron chi connectivity index (χ0n) is 7.64. The van der Waals surface area contributed by atoms with Crippen molar-refractivity contribution in [1.82, 2.24) is 19.9 Å². The molecule has 1 saturated heterocycles. The van der Waals surface area contributed by atoms with E-state index in [0.717, 1.165) is 18.7 Å². The minimum Gasteiger partial charge on any atom is -0.348 e. The lowest BCUT2D eigenvalue weighted by Crippen LogP contribution is -2.51. The summed E-state index contributed by atoms with van der Waals surface area (Å²) in [6.07, 6.45) is 1.90. The molecule has 3 heterocycles. The van der Waals surface area contributed by atoms with E-state index in [1.54, 1.807) is 4.52 Å². The summed E-state index contributed by atoms with van der Waals surface area (Å²) in [6.45, 7) is 1.99. The molecule has 0 unspecified atom stereocenters. The quantitative estimate of drug-likeness (QED) is 0.704. The number of aromatic nitrogens is 3. The van der Waals surface area contributed by atoms with E-state index in [2.05, 4.69) is 20.7 Å². The van der Waals surface area contributed by atoms with E-state index in [4.69, 9.17) is 0 Å². The largest absolute Gasteiger partial charge is 0.348 e. The van der Waals surface area contributed by atoms with E-state index in [9.17, 15) is 0 Å². The fourth-order valence-corrected chi connectivity index (χ4v) is 1.47. The third kappa shape index (κ3) is 1.22. The van der Waals surface area contributed by atoms with E-state index in [1.807, 2.05) is 24.4 Å². The van der Waals surface area contributed by atoms with E-state index >= 15 is 0 Å². The molecule has 0 amide bonds. The predicted molar refractivity (Wildman–Crippen MR) is 53.3 cm³/mol. The molecule has 1 aliphatic rings. The van der Waals surface area contributed by atoms with Crippen molar-refractivity contribution in [2.24, 2.45) is 0 Å². The molecule has 0 bridgehead atoms. The summed E-state index contributed by atoms with van der Waals surface area (Å²) < 4.78 is 1.77. The van der Waals surface area contributed by atoms with Crippen LogP contribution in [-0.2, 0) is 0 Å². The first kappa shape index (κ1) is 7.75. The summed E-state index contributed by atoms with van der Waals surface area (Å²) in [5, 5.41) is 10.8. The van der Waals surface area contributed by atoms with Gasteiger partial charge in [-0.1, -0.05) is 6.07 Å². The fourth-order valence-electron chi connectivity index (χ4n) is 1.47. The van der Waals surface area contributed by atoms with Gasteiger partial charge in [-0.3, -0.25) is 0 Å². The van der Waals surface area contributed by atoms with Crippen LogP contribution in [0.1, 0.15) is 0 Å². The highest BCUT2D eigenvalue weighted by atomic mass is 15.4. The molecule has 2 aromatic rings. The molecule has 5 heteroatoms. The molecule has 1 aliphatic heterocycles.